The first kappa shape index (κ1) is 24.8. The van der Waals surface area contributed by atoms with Crippen LogP contribution in [0.5, 0.6) is 0 Å². The Bertz CT molecular complexity index is 1590. The number of H-pyrrole nitrogens is 1. The lowest BCUT2D eigenvalue weighted by Crippen LogP contribution is -2.44. The summed E-state index contributed by atoms with van der Waals surface area (Å²) in [5.74, 6) is -0.767. The van der Waals surface area contributed by atoms with Crippen LogP contribution < -0.4 is 10.5 Å². The fourth-order valence-corrected chi connectivity index (χ4v) is 9.11. The summed E-state index contributed by atoms with van der Waals surface area (Å²) < 4.78 is 23.9. The van der Waals surface area contributed by atoms with Crippen LogP contribution in [0, 0.1) is 5.92 Å². The zero-order valence-corrected chi connectivity index (χ0v) is 22.5. The maximum absolute atomic E-state index is 15.8. The van der Waals surface area contributed by atoms with Gasteiger partial charge in [0, 0.05) is 29.3 Å². The van der Waals surface area contributed by atoms with Crippen molar-refractivity contribution in [1.29, 1.82) is 0 Å². The molecule has 2 aliphatic heterocycles. The fourth-order valence-electron chi connectivity index (χ4n) is 6.57. The van der Waals surface area contributed by atoms with Crippen molar-refractivity contribution in [3.05, 3.63) is 88.7 Å². The molecule has 0 bridgehead atoms. The maximum Gasteiger partial charge on any atom is 0.279 e. The molecule has 38 heavy (non-hydrogen) atoms. The molecular weight excluding hydrogens is 501 g/mol. The second-order valence-electron chi connectivity index (χ2n) is 10.8. The molecule has 7 nitrogen and oxygen atoms in total. The maximum atomic E-state index is 15.8. The monoisotopic (exact) mass is 531 g/mol. The number of rotatable bonds is 5. The Hall–Kier alpha value is -3.53. The van der Waals surface area contributed by atoms with Crippen molar-refractivity contribution in [3.63, 3.8) is 0 Å². The minimum absolute atomic E-state index is 0.164. The highest BCUT2D eigenvalue weighted by Gasteiger charge is 2.66. The number of hydrogen-bond donors (Lipinski definition) is 2. The number of aliphatic hydroxyl groups excluding tert-OH is 1. The normalized spacial score (nSPS) is 25.0. The first-order valence-electron chi connectivity index (χ1n) is 12.9. The number of aromatic nitrogens is 2. The quantitative estimate of drug-likeness (QED) is 0.275. The second-order valence-corrected chi connectivity index (χ2v) is 14.6. The summed E-state index contributed by atoms with van der Waals surface area (Å²) in [6, 6.07) is 22.0. The lowest BCUT2D eigenvalue weighted by Gasteiger charge is -2.31. The third-order valence-electron chi connectivity index (χ3n) is 8.13. The van der Waals surface area contributed by atoms with E-state index in [0.29, 0.717) is 33.5 Å². The number of nitrogens with one attached hydrogen (secondary N) is 1. The van der Waals surface area contributed by atoms with Gasteiger partial charge in [-0.15, -0.1) is 0 Å². The number of fused-ring (bicyclic) bond motifs is 3. The number of aromatic amines is 1. The minimum Gasteiger partial charge on any atom is -0.396 e. The van der Waals surface area contributed by atoms with Gasteiger partial charge in [0.25, 0.3) is 11.5 Å². The summed E-state index contributed by atoms with van der Waals surface area (Å²) in [6.07, 6.45) is -0.361. The van der Waals surface area contributed by atoms with Crippen molar-refractivity contribution in [2.24, 2.45) is 5.92 Å². The number of halogens is 1. The van der Waals surface area contributed by atoms with Crippen molar-refractivity contribution in [1.82, 2.24) is 9.78 Å². The van der Waals surface area contributed by atoms with E-state index in [4.69, 9.17) is 4.74 Å². The van der Waals surface area contributed by atoms with Crippen LogP contribution in [0.2, 0.25) is 18.6 Å². The van der Waals surface area contributed by atoms with Crippen molar-refractivity contribution in [3.8, 4) is 5.69 Å². The third-order valence-corrected chi connectivity index (χ3v) is 10.6. The van der Waals surface area contributed by atoms with Gasteiger partial charge in [-0.05, 0) is 62.0 Å². The average Bonchev–Trinajstić information content (AvgIpc) is 3.48. The molecule has 1 saturated heterocycles. The van der Waals surface area contributed by atoms with Crippen LogP contribution >= 0.6 is 0 Å². The number of carbonyl (C=O) groups is 1. The number of nitrogens with zero attached hydrogens (tertiary/aromatic N) is 2. The first-order valence-corrected chi connectivity index (χ1v) is 15.9. The zero-order valence-electron chi connectivity index (χ0n) is 21.5. The van der Waals surface area contributed by atoms with Gasteiger partial charge in [0.1, 0.15) is 0 Å². The lowest BCUT2D eigenvalue weighted by molar-refractivity contribution is -0.145. The van der Waals surface area contributed by atoms with Crippen LogP contribution in [-0.4, -0.2) is 41.9 Å². The average molecular weight is 532 g/mol. The lowest BCUT2D eigenvalue weighted by atomic mass is 9.82. The highest BCUT2D eigenvalue weighted by atomic mass is 28.4. The molecule has 2 N–H and O–H groups in total. The molecule has 0 saturated carbocycles. The summed E-state index contributed by atoms with van der Waals surface area (Å²) in [5, 5.41) is 13.5. The molecular formula is C29H30FN3O4Si. The smallest absolute Gasteiger partial charge is 0.279 e. The van der Waals surface area contributed by atoms with Gasteiger partial charge in [-0.25, -0.2) is 4.68 Å². The van der Waals surface area contributed by atoms with Crippen LogP contribution in [0.3, 0.4) is 0 Å². The topological polar surface area (TPSA) is 87.6 Å². The van der Waals surface area contributed by atoms with E-state index in [-0.39, 0.29) is 24.5 Å². The number of para-hydroxylation sites is 2. The Morgan fingerprint density at radius 2 is 1.74 bits per heavy atom. The summed E-state index contributed by atoms with van der Waals surface area (Å²) >= 11 is 0. The Morgan fingerprint density at radius 3 is 2.42 bits per heavy atom. The Kier molecular flexibility index (Phi) is 5.71. The van der Waals surface area contributed by atoms with Crippen molar-refractivity contribution >= 4 is 36.6 Å². The molecule has 9 heteroatoms. The largest absolute Gasteiger partial charge is 0.396 e. The molecule has 1 fully saturated rings. The minimum atomic E-state index is -3.31. The van der Waals surface area contributed by atoms with Gasteiger partial charge in [-0.1, -0.05) is 37.3 Å². The van der Waals surface area contributed by atoms with Crippen LogP contribution in [0.25, 0.3) is 16.6 Å². The molecule has 1 spiro atoms. The molecule has 1 aromatic heterocycles. The predicted octanol–water partition coefficient (Wildman–Crippen LogP) is 5.15. The molecule has 0 radical (unpaired) electrons. The number of benzene rings is 3. The molecule has 196 valence electrons. The molecule has 3 aromatic carbocycles. The molecule has 0 unspecified atom stereocenters. The van der Waals surface area contributed by atoms with Gasteiger partial charge in [0.2, 0.25) is 8.41 Å². The molecule has 6 rings (SSSR count). The van der Waals surface area contributed by atoms with E-state index < -0.39 is 31.6 Å². The van der Waals surface area contributed by atoms with E-state index in [1.54, 1.807) is 30.1 Å². The van der Waals surface area contributed by atoms with Crippen LogP contribution in [-0.2, 0) is 15.1 Å². The van der Waals surface area contributed by atoms with Crippen molar-refractivity contribution in [2.75, 3.05) is 11.5 Å². The van der Waals surface area contributed by atoms with Gasteiger partial charge in [-0.2, -0.15) is 0 Å². The van der Waals surface area contributed by atoms with Gasteiger partial charge in [0.05, 0.1) is 28.4 Å². The summed E-state index contributed by atoms with van der Waals surface area (Å²) in [7, 11) is -3.31. The second kappa shape index (κ2) is 8.76. The third kappa shape index (κ3) is 3.45. The van der Waals surface area contributed by atoms with Crippen LogP contribution in [0.4, 0.5) is 15.5 Å². The first-order chi connectivity index (χ1) is 18.2. The molecule has 4 atom stereocenters. The number of amides is 1. The standard InChI is InChI=1S/C29H30FN3O4Si/c1-18-26(38(2,3)30)25(15-16-34)37-29(18)22-17-20(33-27(35)21-11-7-8-12-23(21)31-33)13-14-24(22)32(28(29)36)19-9-5-4-6-10-19/h4-14,17-18,25-26,31,34H,15-16H2,1-3H3/t18-,25+,26-,29+/m1/s1. The summed E-state index contributed by atoms with van der Waals surface area (Å²) in [6.45, 7) is 4.99. The Labute approximate surface area is 220 Å². The van der Waals surface area contributed by atoms with Crippen molar-refractivity contribution < 1.29 is 18.7 Å². The van der Waals surface area contributed by atoms with E-state index in [2.05, 4.69) is 5.10 Å². The van der Waals surface area contributed by atoms with E-state index >= 15 is 4.11 Å². The van der Waals surface area contributed by atoms with Gasteiger partial charge in [0.15, 0.2) is 5.60 Å². The van der Waals surface area contributed by atoms with E-state index in [1.807, 2.05) is 67.6 Å². The van der Waals surface area contributed by atoms with Gasteiger partial charge >= 0.3 is 0 Å². The van der Waals surface area contributed by atoms with Gasteiger partial charge in [-0.3, -0.25) is 19.6 Å². The highest BCUT2D eigenvalue weighted by Crippen LogP contribution is 2.61. The highest BCUT2D eigenvalue weighted by molar-refractivity contribution is 6.72. The summed E-state index contributed by atoms with van der Waals surface area (Å²) in [4.78, 5) is 29.3. The number of carbonyl (C=O) groups excluding carboxylic acids is 1. The molecule has 0 aliphatic carbocycles. The zero-order chi connectivity index (χ0) is 26.8. The van der Waals surface area contributed by atoms with E-state index in [0.717, 1.165) is 0 Å². The Balaban J connectivity index is 1.59. The van der Waals surface area contributed by atoms with Crippen molar-refractivity contribution in [2.45, 2.75) is 43.7 Å². The Morgan fingerprint density at radius 1 is 1.03 bits per heavy atom. The fraction of sp³-hybridized carbons (Fsp3) is 0.310. The predicted molar refractivity (Wildman–Crippen MR) is 147 cm³/mol. The summed E-state index contributed by atoms with van der Waals surface area (Å²) in [5.41, 5.74) is 1.04. The van der Waals surface area contributed by atoms with E-state index in [1.165, 1.54) is 4.68 Å². The molecule has 4 aromatic rings. The van der Waals surface area contributed by atoms with E-state index in [9.17, 15) is 14.7 Å². The number of ether oxygens (including phenoxy) is 1. The van der Waals surface area contributed by atoms with Gasteiger partial charge < -0.3 is 14.0 Å². The molecule has 3 heterocycles. The van der Waals surface area contributed by atoms with Crippen LogP contribution in [0.15, 0.2) is 77.6 Å². The number of anilines is 2. The number of hydrogen-bond acceptors (Lipinski definition) is 4. The van der Waals surface area contributed by atoms with Crippen LogP contribution in [0.1, 0.15) is 18.9 Å². The molecule has 2 aliphatic rings. The SMILES string of the molecule is C[C@@H]1[C@@H]([Si](C)(C)F)[C@H](CCO)O[C@@]12C(=O)N(c1ccccc1)c1ccc(-n3[nH]c4ccccc4c3=O)cc12. The number of aliphatic hydroxyl groups is 1. The molecule has 1 amide bonds.